The average Bonchev–Trinajstić information content (AvgIpc) is 2.43. The number of aryl methyl sites for hydroxylation is 1. The zero-order valence-electron chi connectivity index (χ0n) is 10.9. The molecule has 1 aromatic carbocycles. The number of amides is 1. The monoisotopic (exact) mass is 351 g/mol. The van der Waals surface area contributed by atoms with Crippen molar-refractivity contribution < 1.29 is 14.5 Å². The van der Waals surface area contributed by atoms with E-state index in [-0.39, 0.29) is 22.9 Å². The molecule has 0 atom stereocenters. The standard InChI is InChI=1S/C13H10BrN3O4/c1-7-4-12(16-6-9(7)14)21-11-3-2-8(13(15)18)5-10(11)17(19)20/h2-6H,1H3,(H2,15,18). The Kier molecular flexibility index (Phi) is 4.18. The third-order valence-electron chi connectivity index (χ3n) is 2.68. The van der Waals surface area contributed by atoms with Gasteiger partial charge in [0.15, 0.2) is 0 Å². The van der Waals surface area contributed by atoms with Crippen LogP contribution < -0.4 is 10.5 Å². The minimum absolute atomic E-state index is 0.0146. The number of aromatic nitrogens is 1. The van der Waals surface area contributed by atoms with Gasteiger partial charge in [0.2, 0.25) is 17.5 Å². The first-order valence-corrected chi connectivity index (χ1v) is 6.56. The molecule has 108 valence electrons. The van der Waals surface area contributed by atoms with E-state index in [0.717, 1.165) is 16.1 Å². The molecule has 0 saturated carbocycles. The molecule has 0 bridgehead atoms. The van der Waals surface area contributed by atoms with Gasteiger partial charge < -0.3 is 10.5 Å². The second-order valence-electron chi connectivity index (χ2n) is 4.18. The van der Waals surface area contributed by atoms with Crippen molar-refractivity contribution in [1.29, 1.82) is 0 Å². The van der Waals surface area contributed by atoms with Gasteiger partial charge in [-0.3, -0.25) is 14.9 Å². The van der Waals surface area contributed by atoms with Gasteiger partial charge in [-0.2, -0.15) is 0 Å². The lowest BCUT2D eigenvalue weighted by Gasteiger charge is -2.07. The van der Waals surface area contributed by atoms with E-state index in [4.69, 9.17) is 10.5 Å². The highest BCUT2D eigenvalue weighted by Gasteiger charge is 2.19. The summed E-state index contributed by atoms with van der Waals surface area (Å²) in [4.78, 5) is 25.5. The summed E-state index contributed by atoms with van der Waals surface area (Å²) in [5.41, 5.74) is 5.66. The van der Waals surface area contributed by atoms with E-state index in [1.165, 1.54) is 18.3 Å². The molecular weight excluding hydrogens is 342 g/mol. The third kappa shape index (κ3) is 3.34. The van der Waals surface area contributed by atoms with Crippen molar-refractivity contribution in [2.24, 2.45) is 5.73 Å². The number of primary amides is 1. The van der Waals surface area contributed by atoms with E-state index in [2.05, 4.69) is 20.9 Å². The van der Waals surface area contributed by atoms with Gasteiger partial charge in [-0.1, -0.05) is 0 Å². The molecule has 7 nitrogen and oxygen atoms in total. The quantitative estimate of drug-likeness (QED) is 0.672. The molecule has 1 aromatic heterocycles. The molecule has 0 aliphatic rings. The van der Waals surface area contributed by atoms with Crippen LogP contribution in [0.1, 0.15) is 15.9 Å². The first-order chi connectivity index (χ1) is 9.88. The molecule has 2 N–H and O–H groups in total. The summed E-state index contributed by atoms with van der Waals surface area (Å²) in [5.74, 6) is -0.549. The Morgan fingerprint density at radius 2 is 2.14 bits per heavy atom. The van der Waals surface area contributed by atoms with E-state index in [1.807, 2.05) is 6.92 Å². The molecule has 8 heteroatoms. The summed E-state index contributed by atoms with van der Waals surface area (Å²) in [6.07, 6.45) is 1.54. The fraction of sp³-hybridized carbons (Fsp3) is 0.0769. The maximum Gasteiger partial charge on any atom is 0.312 e. The van der Waals surface area contributed by atoms with Crippen LogP contribution in [0.2, 0.25) is 0 Å². The lowest BCUT2D eigenvalue weighted by molar-refractivity contribution is -0.385. The molecule has 0 aliphatic carbocycles. The van der Waals surface area contributed by atoms with Crippen molar-refractivity contribution in [3.63, 3.8) is 0 Å². The third-order valence-corrected chi connectivity index (χ3v) is 3.51. The van der Waals surface area contributed by atoms with Gasteiger partial charge in [-0.25, -0.2) is 4.98 Å². The number of pyridine rings is 1. The lowest BCUT2D eigenvalue weighted by atomic mass is 10.2. The fourth-order valence-corrected chi connectivity index (χ4v) is 1.80. The van der Waals surface area contributed by atoms with Crippen molar-refractivity contribution in [1.82, 2.24) is 4.98 Å². The lowest BCUT2D eigenvalue weighted by Crippen LogP contribution is -2.11. The molecule has 0 saturated heterocycles. The normalized spacial score (nSPS) is 10.2. The Labute approximate surface area is 128 Å². The minimum Gasteiger partial charge on any atom is -0.432 e. The molecule has 1 heterocycles. The number of benzene rings is 1. The summed E-state index contributed by atoms with van der Waals surface area (Å²) in [5, 5.41) is 11.1. The molecule has 0 unspecified atom stereocenters. The fourth-order valence-electron chi connectivity index (χ4n) is 1.58. The number of carbonyl (C=O) groups is 1. The summed E-state index contributed by atoms with van der Waals surface area (Å²) in [6, 6.07) is 5.38. The van der Waals surface area contributed by atoms with Crippen LogP contribution >= 0.6 is 15.9 Å². The SMILES string of the molecule is Cc1cc(Oc2ccc(C(N)=O)cc2[N+](=O)[O-])ncc1Br. The molecule has 1 amide bonds. The van der Waals surface area contributed by atoms with Crippen molar-refractivity contribution in [3.8, 4) is 11.6 Å². The van der Waals surface area contributed by atoms with Crippen LogP contribution in [0.4, 0.5) is 5.69 Å². The number of carbonyl (C=O) groups excluding carboxylic acids is 1. The molecule has 0 radical (unpaired) electrons. The van der Waals surface area contributed by atoms with E-state index in [0.29, 0.717) is 0 Å². The van der Waals surface area contributed by atoms with Crippen LogP contribution in [0.15, 0.2) is 34.9 Å². The van der Waals surface area contributed by atoms with Gasteiger partial charge in [0.25, 0.3) is 0 Å². The Balaban J connectivity index is 2.41. The molecular formula is C13H10BrN3O4. The summed E-state index contributed by atoms with van der Waals surface area (Å²) >= 11 is 3.30. The number of nitro groups is 1. The highest BCUT2D eigenvalue weighted by Crippen LogP contribution is 2.32. The van der Waals surface area contributed by atoms with E-state index < -0.39 is 10.8 Å². The number of nitrogens with zero attached hydrogens (tertiary/aromatic N) is 2. The van der Waals surface area contributed by atoms with Crippen molar-refractivity contribution in [3.05, 3.63) is 56.2 Å². The molecule has 0 spiro atoms. The summed E-state index contributed by atoms with van der Waals surface area (Å²) in [7, 11) is 0. The van der Waals surface area contributed by atoms with Crippen LogP contribution in [-0.4, -0.2) is 15.8 Å². The molecule has 0 fully saturated rings. The summed E-state index contributed by atoms with van der Waals surface area (Å²) < 4.78 is 6.22. The smallest absolute Gasteiger partial charge is 0.312 e. The van der Waals surface area contributed by atoms with Gasteiger partial charge in [0.1, 0.15) is 0 Å². The van der Waals surface area contributed by atoms with Crippen molar-refractivity contribution in [2.75, 3.05) is 0 Å². The molecule has 21 heavy (non-hydrogen) atoms. The highest BCUT2D eigenvalue weighted by molar-refractivity contribution is 9.10. The largest absolute Gasteiger partial charge is 0.432 e. The number of hydrogen-bond acceptors (Lipinski definition) is 5. The highest BCUT2D eigenvalue weighted by atomic mass is 79.9. The Morgan fingerprint density at radius 1 is 1.43 bits per heavy atom. The van der Waals surface area contributed by atoms with Crippen molar-refractivity contribution >= 4 is 27.5 Å². The van der Waals surface area contributed by atoms with Crippen LogP contribution in [-0.2, 0) is 0 Å². The van der Waals surface area contributed by atoms with Gasteiger partial charge in [0.05, 0.1) is 4.92 Å². The van der Waals surface area contributed by atoms with Crippen molar-refractivity contribution in [2.45, 2.75) is 6.92 Å². The van der Waals surface area contributed by atoms with Crippen LogP contribution in [0, 0.1) is 17.0 Å². The van der Waals surface area contributed by atoms with Gasteiger partial charge in [-0.15, -0.1) is 0 Å². The van der Waals surface area contributed by atoms with E-state index in [9.17, 15) is 14.9 Å². The maximum atomic E-state index is 11.1. The van der Waals surface area contributed by atoms with Gasteiger partial charge in [0, 0.05) is 28.4 Å². The minimum atomic E-state index is -0.748. The van der Waals surface area contributed by atoms with E-state index in [1.54, 1.807) is 6.07 Å². The van der Waals surface area contributed by atoms with Crippen LogP contribution in [0.5, 0.6) is 11.6 Å². The first kappa shape index (κ1) is 14.9. The predicted octanol–water partition coefficient (Wildman–Crippen LogP) is 2.95. The van der Waals surface area contributed by atoms with Gasteiger partial charge >= 0.3 is 5.69 Å². The number of halogens is 1. The maximum absolute atomic E-state index is 11.1. The van der Waals surface area contributed by atoms with Gasteiger partial charge in [-0.05, 0) is 40.5 Å². The number of hydrogen-bond donors (Lipinski definition) is 1. The molecule has 2 rings (SSSR count). The second-order valence-corrected chi connectivity index (χ2v) is 5.03. The van der Waals surface area contributed by atoms with E-state index >= 15 is 0 Å². The molecule has 0 aliphatic heterocycles. The summed E-state index contributed by atoms with van der Waals surface area (Å²) in [6.45, 7) is 1.84. The Bertz CT molecular complexity index is 733. The number of ether oxygens (including phenoxy) is 1. The Hall–Kier alpha value is -2.48. The average molecular weight is 352 g/mol. The van der Waals surface area contributed by atoms with Crippen LogP contribution in [0.3, 0.4) is 0 Å². The topological polar surface area (TPSA) is 108 Å². The number of nitrogens with two attached hydrogens (primary N) is 1. The zero-order valence-corrected chi connectivity index (χ0v) is 12.5. The zero-order chi connectivity index (χ0) is 15.6. The number of nitro benzene ring substituents is 1. The predicted molar refractivity (Wildman–Crippen MR) is 78.4 cm³/mol. The second kappa shape index (κ2) is 5.88. The molecule has 2 aromatic rings. The Morgan fingerprint density at radius 3 is 2.71 bits per heavy atom. The first-order valence-electron chi connectivity index (χ1n) is 5.76. The number of rotatable bonds is 4. The van der Waals surface area contributed by atoms with Crippen LogP contribution in [0.25, 0.3) is 0 Å².